The van der Waals surface area contributed by atoms with Crippen LogP contribution in [0.3, 0.4) is 0 Å². The van der Waals surface area contributed by atoms with Crippen molar-refractivity contribution in [2.45, 2.75) is 78.1 Å². The molecule has 0 unspecified atom stereocenters. The smallest absolute Gasteiger partial charge is 0.168 e. The molecule has 0 fully saturated rings. The van der Waals surface area contributed by atoms with E-state index in [0.29, 0.717) is 42.9 Å². The Hall–Kier alpha value is -2.10. The van der Waals surface area contributed by atoms with Crippen LogP contribution in [0.15, 0.2) is 24.3 Å². The van der Waals surface area contributed by atoms with Crippen LogP contribution in [0, 0.1) is 11.6 Å². The van der Waals surface area contributed by atoms with Gasteiger partial charge in [-0.25, -0.2) is 8.78 Å². The predicted octanol–water partition coefficient (Wildman–Crippen LogP) is 7.65. The summed E-state index contributed by atoms with van der Waals surface area (Å²) in [5.74, 6) is -0.0421. The maximum Gasteiger partial charge on any atom is 0.168 e. The number of ether oxygens (including phenoxy) is 2. The van der Waals surface area contributed by atoms with Gasteiger partial charge in [0.25, 0.3) is 0 Å². The first-order valence-corrected chi connectivity index (χ1v) is 11.6. The monoisotopic (exact) mass is 416 g/mol. The Labute approximate surface area is 179 Å². The zero-order chi connectivity index (χ0) is 21.3. The van der Waals surface area contributed by atoms with E-state index in [-0.39, 0.29) is 17.4 Å². The second kappa shape index (κ2) is 11.3. The fourth-order valence-electron chi connectivity index (χ4n) is 4.24. The SMILES string of the molecule is CCCCCCCCCCOc1ccc2c(c1F)CCc1c-2ccc(OCC)c1F. The molecule has 0 N–H and O–H groups in total. The van der Waals surface area contributed by atoms with E-state index in [1.54, 1.807) is 12.1 Å². The second-order valence-corrected chi connectivity index (χ2v) is 8.06. The van der Waals surface area contributed by atoms with Gasteiger partial charge in [0.15, 0.2) is 23.1 Å². The van der Waals surface area contributed by atoms with Crippen molar-refractivity contribution in [1.82, 2.24) is 0 Å². The highest BCUT2D eigenvalue weighted by Crippen LogP contribution is 2.40. The fraction of sp³-hybridized carbons (Fsp3) is 0.538. The largest absolute Gasteiger partial charge is 0.491 e. The van der Waals surface area contributed by atoms with Crippen LogP contribution >= 0.6 is 0 Å². The molecule has 30 heavy (non-hydrogen) atoms. The molecule has 1 aliphatic rings. The normalized spacial score (nSPS) is 12.4. The van der Waals surface area contributed by atoms with Gasteiger partial charge in [0.1, 0.15) is 0 Å². The summed E-state index contributed by atoms with van der Waals surface area (Å²) in [5.41, 5.74) is 2.75. The number of halogens is 2. The van der Waals surface area contributed by atoms with Gasteiger partial charge in [0, 0.05) is 0 Å². The number of hydrogen-bond acceptors (Lipinski definition) is 2. The van der Waals surface area contributed by atoms with Crippen molar-refractivity contribution in [3.05, 3.63) is 47.0 Å². The van der Waals surface area contributed by atoms with Crippen molar-refractivity contribution in [2.75, 3.05) is 13.2 Å². The van der Waals surface area contributed by atoms with E-state index < -0.39 is 0 Å². The molecule has 0 amide bonds. The number of fused-ring (bicyclic) bond motifs is 3. The van der Waals surface area contributed by atoms with Crippen LogP contribution in [0.2, 0.25) is 0 Å². The van der Waals surface area contributed by atoms with E-state index in [0.717, 1.165) is 24.0 Å². The van der Waals surface area contributed by atoms with E-state index in [4.69, 9.17) is 9.47 Å². The predicted molar refractivity (Wildman–Crippen MR) is 118 cm³/mol. The lowest BCUT2D eigenvalue weighted by molar-refractivity contribution is 0.289. The van der Waals surface area contributed by atoms with Gasteiger partial charge in [-0.05, 0) is 60.6 Å². The first-order valence-electron chi connectivity index (χ1n) is 11.6. The van der Waals surface area contributed by atoms with Crippen LogP contribution in [-0.4, -0.2) is 13.2 Å². The summed E-state index contributed by atoms with van der Waals surface area (Å²) >= 11 is 0. The summed E-state index contributed by atoms with van der Waals surface area (Å²) in [7, 11) is 0. The standard InChI is InChI=1S/C26H34F2O2/c1-3-5-6-7-8-9-10-11-18-30-24-17-15-20-19-14-16-23(29-4-2)25(27)21(19)12-13-22(20)26(24)28/h14-17H,3-13,18H2,1-2H3. The lowest BCUT2D eigenvalue weighted by atomic mass is 9.84. The third-order valence-electron chi connectivity index (χ3n) is 5.89. The molecule has 2 aromatic rings. The average Bonchev–Trinajstić information content (AvgIpc) is 2.76. The first kappa shape index (κ1) is 22.6. The van der Waals surface area contributed by atoms with E-state index in [9.17, 15) is 4.39 Å². The third kappa shape index (κ3) is 5.33. The molecule has 0 aliphatic heterocycles. The van der Waals surface area contributed by atoms with Crippen LogP contribution in [0.5, 0.6) is 11.5 Å². The first-order chi connectivity index (χ1) is 14.7. The Bertz CT molecular complexity index is 832. The van der Waals surface area contributed by atoms with Gasteiger partial charge < -0.3 is 9.47 Å². The zero-order valence-corrected chi connectivity index (χ0v) is 18.4. The maximum absolute atomic E-state index is 15.1. The number of benzene rings is 2. The molecule has 4 heteroatoms. The average molecular weight is 417 g/mol. The van der Waals surface area contributed by atoms with Gasteiger partial charge in [-0.15, -0.1) is 0 Å². The molecule has 0 atom stereocenters. The summed E-state index contributed by atoms with van der Waals surface area (Å²) < 4.78 is 40.9. The van der Waals surface area contributed by atoms with E-state index >= 15 is 4.39 Å². The lowest BCUT2D eigenvalue weighted by Gasteiger charge is -2.23. The van der Waals surface area contributed by atoms with Crippen LogP contribution < -0.4 is 9.47 Å². The quantitative estimate of drug-likeness (QED) is 0.331. The Balaban J connectivity index is 1.58. The van der Waals surface area contributed by atoms with Crippen molar-refractivity contribution in [2.24, 2.45) is 0 Å². The molecule has 2 aromatic carbocycles. The minimum absolute atomic E-state index is 0.269. The Morgan fingerprint density at radius 2 is 1.17 bits per heavy atom. The molecule has 0 heterocycles. The van der Waals surface area contributed by atoms with Gasteiger partial charge in [0.05, 0.1) is 13.2 Å². The Kier molecular flexibility index (Phi) is 8.53. The van der Waals surface area contributed by atoms with Gasteiger partial charge in [-0.2, -0.15) is 0 Å². The third-order valence-corrected chi connectivity index (χ3v) is 5.89. The molecule has 0 saturated heterocycles. The minimum Gasteiger partial charge on any atom is -0.491 e. The molecule has 0 aromatic heterocycles. The molecule has 0 saturated carbocycles. The summed E-state index contributed by atoms with van der Waals surface area (Å²) in [6.45, 7) is 5.01. The van der Waals surface area contributed by atoms with Crippen molar-refractivity contribution < 1.29 is 18.3 Å². The van der Waals surface area contributed by atoms with Crippen molar-refractivity contribution in [1.29, 1.82) is 0 Å². The number of hydrogen-bond donors (Lipinski definition) is 0. The molecule has 1 aliphatic carbocycles. The molecule has 0 bridgehead atoms. The molecular formula is C26H34F2O2. The summed E-state index contributed by atoms with van der Waals surface area (Å²) in [6.07, 6.45) is 10.7. The summed E-state index contributed by atoms with van der Waals surface area (Å²) in [4.78, 5) is 0. The molecule has 3 rings (SSSR count). The van der Waals surface area contributed by atoms with Crippen molar-refractivity contribution in [3.8, 4) is 22.6 Å². The zero-order valence-electron chi connectivity index (χ0n) is 18.4. The van der Waals surface area contributed by atoms with Crippen LogP contribution in [0.25, 0.3) is 11.1 Å². The molecule has 164 valence electrons. The van der Waals surface area contributed by atoms with Crippen LogP contribution in [0.4, 0.5) is 8.78 Å². The van der Waals surface area contributed by atoms with Crippen LogP contribution in [0.1, 0.15) is 76.3 Å². The molecule has 0 radical (unpaired) electrons. The Morgan fingerprint density at radius 3 is 1.70 bits per heavy atom. The van der Waals surface area contributed by atoms with Crippen molar-refractivity contribution in [3.63, 3.8) is 0 Å². The highest BCUT2D eigenvalue weighted by molar-refractivity contribution is 5.75. The lowest BCUT2D eigenvalue weighted by Crippen LogP contribution is -2.11. The second-order valence-electron chi connectivity index (χ2n) is 8.06. The summed E-state index contributed by atoms with van der Waals surface area (Å²) in [5, 5.41) is 0. The number of rotatable bonds is 12. The van der Waals surface area contributed by atoms with E-state index in [1.807, 2.05) is 19.1 Å². The van der Waals surface area contributed by atoms with E-state index in [2.05, 4.69) is 6.92 Å². The van der Waals surface area contributed by atoms with Crippen LogP contribution in [-0.2, 0) is 12.8 Å². The summed E-state index contributed by atoms with van der Waals surface area (Å²) in [6, 6.07) is 7.01. The van der Waals surface area contributed by atoms with Gasteiger partial charge >= 0.3 is 0 Å². The van der Waals surface area contributed by atoms with Gasteiger partial charge in [0.2, 0.25) is 0 Å². The minimum atomic E-state index is -0.324. The molecule has 0 spiro atoms. The fourth-order valence-corrected chi connectivity index (χ4v) is 4.24. The molecular weight excluding hydrogens is 382 g/mol. The molecule has 2 nitrogen and oxygen atoms in total. The number of unbranched alkanes of at least 4 members (excludes halogenated alkanes) is 7. The van der Waals surface area contributed by atoms with Gasteiger partial charge in [-0.3, -0.25) is 0 Å². The van der Waals surface area contributed by atoms with E-state index in [1.165, 1.54) is 38.5 Å². The topological polar surface area (TPSA) is 18.5 Å². The maximum atomic E-state index is 15.1. The highest BCUT2D eigenvalue weighted by Gasteiger charge is 2.25. The highest BCUT2D eigenvalue weighted by atomic mass is 19.1. The van der Waals surface area contributed by atoms with Crippen molar-refractivity contribution >= 4 is 0 Å². The van der Waals surface area contributed by atoms with Gasteiger partial charge in [-0.1, -0.05) is 64.0 Å². The Morgan fingerprint density at radius 1 is 0.667 bits per heavy atom.